The number of aromatic nitrogens is 1. The Balaban J connectivity index is 0.000000138. The molecule has 1 aromatic heterocycles. The summed E-state index contributed by atoms with van der Waals surface area (Å²) in [6.07, 6.45) is 5.78. The van der Waals surface area contributed by atoms with Crippen LogP contribution >= 0.6 is 0 Å². The molecule has 3 rings (SSSR count). The highest BCUT2D eigenvalue weighted by Crippen LogP contribution is 2.09. The van der Waals surface area contributed by atoms with Gasteiger partial charge in [0.2, 0.25) is 0 Å². The molecule has 0 spiro atoms. The lowest BCUT2D eigenvalue weighted by molar-refractivity contribution is -0.120. The summed E-state index contributed by atoms with van der Waals surface area (Å²) in [7, 11) is 0. The van der Waals surface area contributed by atoms with E-state index in [0.717, 1.165) is 37.7 Å². The molecule has 0 N–H and O–H groups in total. The molecule has 2 aromatic rings. The lowest BCUT2D eigenvalue weighted by Gasteiger charge is -2.16. The maximum atomic E-state index is 10.0. The van der Waals surface area contributed by atoms with Gasteiger partial charge in [-0.1, -0.05) is 24.3 Å². The molecule has 0 saturated carbocycles. The predicted octanol–water partition coefficient (Wildman–Crippen LogP) is 2.99. The van der Waals surface area contributed by atoms with Gasteiger partial charge in [0.25, 0.3) is 0 Å². The van der Waals surface area contributed by atoms with Crippen LogP contribution in [0.1, 0.15) is 19.3 Å². The molecule has 0 bridgehead atoms. The number of nitrogens with zero attached hydrogens (tertiary/aromatic N) is 1. The van der Waals surface area contributed by atoms with Crippen molar-refractivity contribution in [2.24, 2.45) is 0 Å². The van der Waals surface area contributed by atoms with Gasteiger partial charge >= 0.3 is 0 Å². The van der Waals surface area contributed by atoms with Crippen molar-refractivity contribution >= 4 is 17.2 Å². The van der Waals surface area contributed by atoms with Crippen LogP contribution < -0.4 is 0 Å². The van der Waals surface area contributed by atoms with E-state index < -0.39 is 0 Å². The fraction of sp³-hybridized carbons (Fsp3) is 0.333. The molecular weight excluding hydrogens is 226 g/mol. The summed E-state index contributed by atoms with van der Waals surface area (Å²) >= 11 is 0. The van der Waals surface area contributed by atoms with Crippen LogP contribution in [0.25, 0.3) is 10.9 Å². The van der Waals surface area contributed by atoms with Crippen molar-refractivity contribution in [2.45, 2.75) is 25.4 Å². The first-order valence-corrected chi connectivity index (χ1v) is 6.27. The molecule has 0 amide bonds. The van der Waals surface area contributed by atoms with Crippen LogP contribution in [0.4, 0.5) is 0 Å². The second-order valence-electron chi connectivity index (χ2n) is 4.24. The molecule has 0 radical (unpaired) electrons. The van der Waals surface area contributed by atoms with E-state index in [1.807, 2.05) is 30.5 Å². The molecule has 2 heterocycles. The van der Waals surface area contributed by atoms with Gasteiger partial charge in [-0.15, -0.1) is 0 Å². The average Bonchev–Trinajstić information content (AvgIpc) is 2.49. The van der Waals surface area contributed by atoms with Crippen LogP contribution in [-0.4, -0.2) is 24.0 Å². The van der Waals surface area contributed by atoms with Gasteiger partial charge in [-0.05, 0) is 31.4 Å². The molecule has 1 unspecified atom stereocenters. The molecule has 1 saturated heterocycles. The van der Waals surface area contributed by atoms with E-state index in [0.29, 0.717) is 0 Å². The molecule has 18 heavy (non-hydrogen) atoms. The third-order valence-electron chi connectivity index (χ3n) is 2.88. The first kappa shape index (κ1) is 12.7. The average molecular weight is 243 g/mol. The van der Waals surface area contributed by atoms with Crippen LogP contribution in [0.5, 0.6) is 0 Å². The second kappa shape index (κ2) is 6.87. The van der Waals surface area contributed by atoms with E-state index in [1.165, 1.54) is 5.39 Å². The van der Waals surface area contributed by atoms with Crippen LogP contribution in [-0.2, 0) is 9.53 Å². The summed E-state index contributed by atoms with van der Waals surface area (Å²) < 4.78 is 5.06. The highest BCUT2D eigenvalue weighted by atomic mass is 16.5. The Labute approximate surface area is 107 Å². The third kappa shape index (κ3) is 3.64. The van der Waals surface area contributed by atoms with Crippen molar-refractivity contribution < 1.29 is 9.53 Å². The Bertz CT molecular complexity index is 427. The molecule has 0 aliphatic carbocycles. The smallest absolute Gasteiger partial charge is 0.148 e. The van der Waals surface area contributed by atoms with Crippen LogP contribution in [0.15, 0.2) is 42.6 Å². The van der Waals surface area contributed by atoms with Crippen molar-refractivity contribution in [1.82, 2.24) is 4.98 Å². The van der Waals surface area contributed by atoms with Crippen molar-refractivity contribution in [1.29, 1.82) is 0 Å². The molecular formula is C15H17NO2. The topological polar surface area (TPSA) is 39.2 Å². The fourth-order valence-electron chi connectivity index (χ4n) is 1.89. The molecule has 3 heteroatoms. The Hall–Kier alpha value is -1.74. The molecule has 1 fully saturated rings. The number of benzene rings is 1. The summed E-state index contributed by atoms with van der Waals surface area (Å²) in [5.41, 5.74) is 1.06. The maximum absolute atomic E-state index is 10.0. The largest absolute Gasteiger partial charge is 0.371 e. The number of hydrogen-bond donors (Lipinski definition) is 0. The number of ether oxygens (including phenoxy) is 1. The predicted molar refractivity (Wildman–Crippen MR) is 71.4 cm³/mol. The van der Waals surface area contributed by atoms with E-state index in [-0.39, 0.29) is 6.10 Å². The minimum Gasteiger partial charge on any atom is -0.371 e. The van der Waals surface area contributed by atoms with E-state index in [9.17, 15) is 4.79 Å². The minimum atomic E-state index is -0.0938. The number of aldehydes is 1. The standard InChI is InChI=1S/C9H7N.C6H10O2/c1-2-6-9-8(4-1)5-3-7-10-9;7-5-6-3-1-2-4-8-6/h1-7H;5-6H,1-4H2. The van der Waals surface area contributed by atoms with Crippen LogP contribution in [0.2, 0.25) is 0 Å². The maximum Gasteiger partial charge on any atom is 0.148 e. The van der Waals surface area contributed by atoms with E-state index in [2.05, 4.69) is 17.1 Å². The lowest BCUT2D eigenvalue weighted by Crippen LogP contribution is -2.19. The lowest BCUT2D eigenvalue weighted by atomic mass is 10.1. The van der Waals surface area contributed by atoms with Gasteiger partial charge in [0, 0.05) is 18.2 Å². The number of carbonyl (C=O) groups is 1. The van der Waals surface area contributed by atoms with Crippen LogP contribution in [0, 0.1) is 0 Å². The van der Waals surface area contributed by atoms with Gasteiger partial charge < -0.3 is 9.53 Å². The van der Waals surface area contributed by atoms with Crippen molar-refractivity contribution in [3.8, 4) is 0 Å². The van der Waals surface area contributed by atoms with Crippen molar-refractivity contribution in [3.63, 3.8) is 0 Å². The number of rotatable bonds is 1. The fourth-order valence-corrected chi connectivity index (χ4v) is 1.89. The number of fused-ring (bicyclic) bond motifs is 1. The van der Waals surface area contributed by atoms with Gasteiger partial charge in [0.1, 0.15) is 12.4 Å². The Morgan fingerprint density at radius 1 is 1.17 bits per heavy atom. The molecule has 1 aliphatic rings. The van der Waals surface area contributed by atoms with Crippen LogP contribution in [0.3, 0.4) is 0 Å². The number of carbonyl (C=O) groups excluding carboxylic acids is 1. The summed E-state index contributed by atoms with van der Waals surface area (Å²) in [6, 6.07) is 12.1. The third-order valence-corrected chi connectivity index (χ3v) is 2.88. The van der Waals surface area contributed by atoms with Gasteiger partial charge in [0.05, 0.1) is 5.52 Å². The van der Waals surface area contributed by atoms with Gasteiger partial charge in [-0.2, -0.15) is 0 Å². The zero-order valence-corrected chi connectivity index (χ0v) is 10.3. The van der Waals surface area contributed by atoms with E-state index >= 15 is 0 Å². The Morgan fingerprint density at radius 3 is 2.67 bits per heavy atom. The molecule has 1 aliphatic heterocycles. The zero-order chi connectivity index (χ0) is 12.6. The normalized spacial score (nSPS) is 18.8. The molecule has 1 atom stereocenters. The molecule has 94 valence electrons. The van der Waals surface area contributed by atoms with Gasteiger partial charge in [0.15, 0.2) is 0 Å². The Kier molecular flexibility index (Phi) is 4.85. The summed E-state index contributed by atoms with van der Waals surface area (Å²) in [4.78, 5) is 14.2. The summed E-state index contributed by atoms with van der Waals surface area (Å²) in [5, 5.41) is 1.20. The minimum absolute atomic E-state index is 0.0938. The van der Waals surface area contributed by atoms with Crippen molar-refractivity contribution in [2.75, 3.05) is 6.61 Å². The quantitative estimate of drug-likeness (QED) is 0.723. The monoisotopic (exact) mass is 243 g/mol. The van der Waals surface area contributed by atoms with E-state index in [1.54, 1.807) is 0 Å². The Morgan fingerprint density at radius 2 is 2.00 bits per heavy atom. The highest BCUT2D eigenvalue weighted by Gasteiger charge is 2.10. The van der Waals surface area contributed by atoms with E-state index in [4.69, 9.17) is 4.74 Å². The van der Waals surface area contributed by atoms with Gasteiger partial charge in [-0.3, -0.25) is 4.98 Å². The zero-order valence-electron chi connectivity index (χ0n) is 10.3. The highest BCUT2D eigenvalue weighted by molar-refractivity contribution is 5.77. The molecule has 3 nitrogen and oxygen atoms in total. The summed E-state index contributed by atoms with van der Waals surface area (Å²) in [5.74, 6) is 0. The number of para-hydroxylation sites is 1. The van der Waals surface area contributed by atoms with Gasteiger partial charge in [-0.25, -0.2) is 0 Å². The first-order chi connectivity index (χ1) is 8.90. The number of pyridine rings is 1. The van der Waals surface area contributed by atoms with Crippen molar-refractivity contribution in [3.05, 3.63) is 42.6 Å². The first-order valence-electron chi connectivity index (χ1n) is 6.27. The second-order valence-corrected chi connectivity index (χ2v) is 4.24. The SMILES string of the molecule is O=CC1CCCCO1.c1ccc2ncccc2c1. The molecule has 1 aromatic carbocycles. The summed E-state index contributed by atoms with van der Waals surface area (Å²) in [6.45, 7) is 0.767. The number of hydrogen-bond acceptors (Lipinski definition) is 3.